The summed E-state index contributed by atoms with van der Waals surface area (Å²) in [5.74, 6) is 0.456. The fourth-order valence-corrected chi connectivity index (χ4v) is 3.31. The third-order valence-corrected chi connectivity index (χ3v) is 4.59. The van der Waals surface area contributed by atoms with Gasteiger partial charge < -0.3 is 9.72 Å². The van der Waals surface area contributed by atoms with E-state index >= 15 is 0 Å². The van der Waals surface area contributed by atoms with Crippen molar-refractivity contribution in [2.45, 2.75) is 38.5 Å². The third-order valence-electron chi connectivity index (χ3n) is 4.12. The highest BCUT2D eigenvalue weighted by molar-refractivity contribution is 9.10. The first-order valence-corrected chi connectivity index (χ1v) is 8.42. The average molecular weight is 350 g/mol. The maximum atomic E-state index is 12.1. The van der Waals surface area contributed by atoms with Crippen LogP contribution in [0.4, 0.5) is 0 Å². The van der Waals surface area contributed by atoms with Gasteiger partial charge in [0.1, 0.15) is 5.65 Å². The largest absolute Gasteiger partial charge is 0.355 e. The van der Waals surface area contributed by atoms with Crippen LogP contribution >= 0.6 is 15.9 Å². The number of nitrogens with zero attached hydrogens (tertiary/aromatic N) is 2. The number of nitrogens with one attached hydrogen (secondary N) is 1. The Bertz CT molecular complexity index is 631. The minimum Gasteiger partial charge on any atom is -0.355 e. The van der Waals surface area contributed by atoms with Crippen molar-refractivity contribution >= 4 is 27.5 Å². The van der Waals surface area contributed by atoms with Crippen molar-refractivity contribution in [3.05, 3.63) is 34.7 Å². The Kier molecular flexibility index (Phi) is 4.58. The van der Waals surface area contributed by atoms with Crippen LogP contribution in [-0.4, -0.2) is 21.8 Å². The number of pyridine rings is 1. The lowest BCUT2D eigenvalue weighted by Crippen LogP contribution is -2.33. The molecule has 5 heteroatoms. The summed E-state index contributed by atoms with van der Waals surface area (Å²) in [7, 11) is 0. The highest BCUT2D eigenvalue weighted by atomic mass is 79.9. The van der Waals surface area contributed by atoms with Gasteiger partial charge in [-0.3, -0.25) is 4.79 Å². The van der Waals surface area contributed by atoms with Crippen LogP contribution in [0, 0.1) is 5.92 Å². The number of aromatic nitrogens is 2. The highest BCUT2D eigenvalue weighted by Gasteiger charge is 2.20. The smallest absolute Gasteiger partial charge is 0.223 e. The van der Waals surface area contributed by atoms with E-state index in [-0.39, 0.29) is 11.8 Å². The Hall–Kier alpha value is -1.36. The van der Waals surface area contributed by atoms with Crippen LogP contribution < -0.4 is 5.32 Å². The molecule has 3 rings (SSSR count). The molecule has 2 heterocycles. The maximum Gasteiger partial charge on any atom is 0.223 e. The van der Waals surface area contributed by atoms with Crippen LogP contribution in [0.25, 0.3) is 5.65 Å². The van der Waals surface area contributed by atoms with Gasteiger partial charge in [0, 0.05) is 35.7 Å². The average Bonchev–Trinajstić information content (AvgIpc) is 2.89. The number of hydrogen-bond donors (Lipinski definition) is 1. The van der Waals surface area contributed by atoms with Gasteiger partial charge in [-0.05, 0) is 40.9 Å². The van der Waals surface area contributed by atoms with E-state index in [1.807, 2.05) is 28.9 Å². The summed E-state index contributed by atoms with van der Waals surface area (Å²) in [4.78, 5) is 16.6. The Balaban J connectivity index is 1.53. The monoisotopic (exact) mass is 349 g/mol. The quantitative estimate of drug-likeness (QED) is 0.919. The Morgan fingerprint density at radius 2 is 2.10 bits per heavy atom. The van der Waals surface area contributed by atoms with E-state index in [2.05, 4.69) is 26.2 Å². The van der Waals surface area contributed by atoms with Gasteiger partial charge in [0.25, 0.3) is 0 Å². The second kappa shape index (κ2) is 6.60. The van der Waals surface area contributed by atoms with Crippen molar-refractivity contribution in [1.29, 1.82) is 0 Å². The molecule has 2 aromatic heterocycles. The van der Waals surface area contributed by atoms with Crippen LogP contribution in [0.3, 0.4) is 0 Å². The molecule has 2 aromatic rings. The molecule has 1 fully saturated rings. The zero-order valence-corrected chi connectivity index (χ0v) is 13.6. The summed E-state index contributed by atoms with van der Waals surface area (Å²) in [6.45, 7) is 0.667. The molecule has 0 aliphatic heterocycles. The number of carbonyl (C=O) groups is 1. The molecule has 0 unspecified atom stereocenters. The lowest BCUT2D eigenvalue weighted by Gasteiger charge is -2.20. The van der Waals surface area contributed by atoms with Crippen molar-refractivity contribution in [3.8, 4) is 0 Å². The molecule has 4 nitrogen and oxygen atoms in total. The molecule has 0 aromatic carbocycles. The Morgan fingerprint density at radius 1 is 1.29 bits per heavy atom. The predicted molar refractivity (Wildman–Crippen MR) is 86.2 cm³/mol. The zero-order valence-electron chi connectivity index (χ0n) is 12.0. The van der Waals surface area contributed by atoms with Gasteiger partial charge in [-0.15, -0.1) is 0 Å². The lowest BCUT2D eigenvalue weighted by atomic mass is 9.89. The second-order valence-electron chi connectivity index (χ2n) is 5.72. The molecule has 21 heavy (non-hydrogen) atoms. The summed E-state index contributed by atoms with van der Waals surface area (Å²) < 4.78 is 3.03. The normalized spacial score (nSPS) is 16.2. The minimum atomic E-state index is 0.223. The van der Waals surface area contributed by atoms with Crippen molar-refractivity contribution in [2.24, 2.45) is 5.92 Å². The van der Waals surface area contributed by atoms with E-state index in [0.29, 0.717) is 6.54 Å². The van der Waals surface area contributed by atoms with Crippen molar-refractivity contribution < 1.29 is 4.79 Å². The third kappa shape index (κ3) is 3.64. The summed E-state index contributed by atoms with van der Waals surface area (Å²) in [5, 5.41) is 3.06. The molecule has 0 spiro atoms. The van der Waals surface area contributed by atoms with Gasteiger partial charge in [0.15, 0.2) is 0 Å². The topological polar surface area (TPSA) is 46.4 Å². The SMILES string of the molecule is O=C(NCCc1cn2cc(Br)ccc2n1)C1CCCCC1. The van der Waals surface area contributed by atoms with E-state index in [1.54, 1.807) is 0 Å². The van der Waals surface area contributed by atoms with Gasteiger partial charge in [-0.2, -0.15) is 0 Å². The highest BCUT2D eigenvalue weighted by Crippen LogP contribution is 2.23. The van der Waals surface area contributed by atoms with E-state index in [0.717, 1.165) is 35.1 Å². The van der Waals surface area contributed by atoms with Gasteiger partial charge in [-0.1, -0.05) is 19.3 Å². The van der Waals surface area contributed by atoms with E-state index in [1.165, 1.54) is 19.3 Å². The first-order valence-electron chi connectivity index (χ1n) is 7.63. The zero-order chi connectivity index (χ0) is 14.7. The number of carbonyl (C=O) groups excluding carboxylic acids is 1. The first-order chi connectivity index (χ1) is 10.2. The molecule has 0 atom stereocenters. The predicted octanol–water partition coefficient (Wildman–Crippen LogP) is 3.34. The molecule has 1 saturated carbocycles. The van der Waals surface area contributed by atoms with Crippen LogP contribution in [0.2, 0.25) is 0 Å². The van der Waals surface area contributed by atoms with Gasteiger partial charge in [-0.25, -0.2) is 4.98 Å². The number of amides is 1. The second-order valence-corrected chi connectivity index (χ2v) is 6.64. The molecule has 0 bridgehead atoms. The van der Waals surface area contributed by atoms with Crippen molar-refractivity contribution in [1.82, 2.24) is 14.7 Å². The van der Waals surface area contributed by atoms with Crippen LogP contribution in [0.5, 0.6) is 0 Å². The van der Waals surface area contributed by atoms with Gasteiger partial charge in [0.05, 0.1) is 5.69 Å². The van der Waals surface area contributed by atoms with Gasteiger partial charge in [0.2, 0.25) is 5.91 Å². The fourth-order valence-electron chi connectivity index (χ4n) is 2.96. The molecule has 1 N–H and O–H groups in total. The Labute approximate surface area is 133 Å². The molecule has 1 aliphatic carbocycles. The maximum absolute atomic E-state index is 12.1. The number of imidazole rings is 1. The molecular weight excluding hydrogens is 330 g/mol. The lowest BCUT2D eigenvalue weighted by molar-refractivity contribution is -0.125. The van der Waals surface area contributed by atoms with Crippen molar-refractivity contribution in [3.63, 3.8) is 0 Å². The fraction of sp³-hybridized carbons (Fsp3) is 0.500. The van der Waals surface area contributed by atoms with E-state index in [4.69, 9.17) is 0 Å². The molecule has 1 aliphatic rings. The molecular formula is C16H20BrN3O. The Morgan fingerprint density at radius 3 is 2.90 bits per heavy atom. The molecule has 112 valence electrons. The number of halogens is 1. The summed E-state index contributed by atoms with van der Waals surface area (Å²) in [5.41, 5.74) is 1.95. The van der Waals surface area contributed by atoms with E-state index in [9.17, 15) is 4.79 Å². The van der Waals surface area contributed by atoms with Crippen LogP contribution in [-0.2, 0) is 11.2 Å². The molecule has 0 radical (unpaired) electrons. The molecule has 0 saturated heterocycles. The number of hydrogen-bond acceptors (Lipinski definition) is 2. The summed E-state index contributed by atoms with van der Waals surface area (Å²) >= 11 is 3.45. The molecule has 1 amide bonds. The van der Waals surface area contributed by atoms with E-state index < -0.39 is 0 Å². The first kappa shape index (κ1) is 14.6. The summed E-state index contributed by atoms with van der Waals surface area (Å²) in [6.07, 6.45) is 10.6. The van der Waals surface area contributed by atoms with Crippen LogP contribution in [0.1, 0.15) is 37.8 Å². The summed E-state index contributed by atoms with van der Waals surface area (Å²) in [6, 6.07) is 3.96. The van der Waals surface area contributed by atoms with Gasteiger partial charge >= 0.3 is 0 Å². The van der Waals surface area contributed by atoms with Crippen LogP contribution in [0.15, 0.2) is 29.0 Å². The minimum absolute atomic E-state index is 0.223. The van der Waals surface area contributed by atoms with Crippen molar-refractivity contribution in [2.75, 3.05) is 6.54 Å². The number of rotatable bonds is 4. The number of fused-ring (bicyclic) bond motifs is 1. The standard InChI is InChI=1S/C16H20BrN3O/c17-13-6-7-15-19-14(11-20(15)10-13)8-9-18-16(21)12-4-2-1-3-5-12/h6-7,10-12H,1-5,8-9H2,(H,18,21).